The molecule has 0 radical (unpaired) electrons. The van der Waals surface area contributed by atoms with E-state index in [0.717, 1.165) is 22.4 Å². The maximum absolute atomic E-state index is 5.93. The molecule has 0 bridgehead atoms. The van der Waals surface area contributed by atoms with Gasteiger partial charge in [-0.15, -0.1) is 0 Å². The fourth-order valence-electron chi connectivity index (χ4n) is 2.75. The first-order valence-corrected chi connectivity index (χ1v) is 9.10. The lowest BCUT2D eigenvalue weighted by molar-refractivity contribution is 0.0860. The van der Waals surface area contributed by atoms with Crippen LogP contribution in [0.1, 0.15) is 31.4 Å². The van der Waals surface area contributed by atoms with Crippen LogP contribution in [0.15, 0.2) is 83.8 Å². The zero-order valence-electron chi connectivity index (χ0n) is 15.9. The van der Waals surface area contributed by atoms with E-state index in [0.29, 0.717) is 31.1 Å². The third-order valence-corrected chi connectivity index (χ3v) is 4.29. The van der Waals surface area contributed by atoms with Crippen molar-refractivity contribution in [1.82, 2.24) is 9.97 Å². The first-order chi connectivity index (χ1) is 13.7. The van der Waals surface area contributed by atoms with Gasteiger partial charge in [-0.25, -0.2) is 9.97 Å². The number of nitrogen functional groups attached to an aromatic ring is 1. The number of nitrogens with two attached hydrogens (primary N) is 1. The van der Waals surface area contributed by atoms with Crippen molar-refractivity contribution in [2.45, 2.75) is 25.9 Å². The molecule has 6 nitrogen and oxygen atoms in total. The second-order valence-corrected chi connectivity index (χ2v) is 6.53. The lowest BCUT2D eigenvalue weighted by Crippen LogP contribution is -2.05. The van der Waals surface area contributed by atoms with Gasteiger partial charge in [-0.1, -0.05) is 36.0 Å². The molecule has 2 N–H and O–H groups in total. The lowest BCUT2D eigenvalue weighted by Gasteiger charge is -2.09. The molecular formula is C22H24N4O2. The SMILES string of the molecule is C=C/C(=C\C=C(/C)COc1ccccn1)CC1=NOC(c2cccnc2N)C1. The van der Waals surface area contributed by atoms with Gasteiger partial charge in [0, 0.05) is 36.9 Å². The van der Waals surface area contributed by atoms with Crippen molar-refractivity contribution in [2.75, 3.05) is 12.3 Å². The molecule has 28 heavy (non-hydrogen) atoms. The van der Waals surface area contributed by atoms with Gasteiger partial charge in [0.1, 0.15) is 12.4 Å². The Morgan fingerprint density at radius 2 is 2.11 bits per heavy atom. The summed E-state index contributed by atoms with van der Waals surface area (Å²) in [4.78, 5) is 13.8. The quantitative estimate of drug-likeness (QED) is 0.690. The van der Waals surface area contributed by atoms with Crippen LogP contribution in [0, 0.1) is 0 Å². The molecule has 1 atom stereocenters. The van der Waals surface area contributed by atoms with E-state index in [2.05, 4.69) is 21.7 Å². The van der Waals surface area contributed by atoms with Crippen molar-refractivity contribution in [1.29, 1.82) is 0 Å². The standard InChI is InChI=1S/C22H24N4O2/c1-3-17(10-9-16(2)15-27-21-8-4-5-11-24-21)13-18-14-20(28-26-18)19-7-6-12-25-22(19)23/h3-12,20H,1,13-15H2,2H3,(H2,23,25)/b16-9+,17-10+. The summed E-state index contributed by atoms with van der Waals surface area (Å²) >= 11 is 0. The molecule has 3 heterocycles. The number of anilines is 1. The molecule has 0 amide bonds. The summed E-state index contributed by atoms with van der Waals surface area (Å²) in [5.41, 5.74) is 9.89. The maximum atomic E-state index is 5.93. The molecule has 2 aromatic rings. The van der Waals surface area contributed by atoms with Crippen molar-refractivity contribution in [2.24, 2.45) is 5.16 Å². The van der Waals surface area contributed by atoms with Crippen molar-refractivity contribution >= 4 is 11.5 Å². The van der Waals surface area contributed by atoms with Gasteiger partial charge in [0.25, 0.3) is 0 Å². The molecular weight excluding hydrogens is 352 g/mol. The molecule has 0 saturated carbocycles. The Bertz CT molecular complexity index is 904. The number of nitrogens with zero attached hydrogens (tertiary/aromatic N) is 3. The molecule has 1 aliphatic rings. The van der Waals surface area contributed by atoms with Crippen molar-refractivity contribution in [3.8, 4) is 5.88 Å². The number of pyridine rings is 2. The molecule has 0 saturated heterocycles. The van der Waals surface area contributed by atoms with E-state index in [1.165, 1.54) is 0 Å². The second-order valence-electron chi connectivity index (χ2n) is 6.53. The first kappa shape index (κ1) is 19.4. The predicted molar refractivity (Wildman–Crippen MR) is 111 cm³/mol. The largest absolute Gasteiger partial charge is 0.473 e. The van der Waals surface area contributed by atoms with Crippen LogP contribution in [0.5, 0.6) is 5.88 Å². The number of rotatable bonds is 8. The Morgan fingerprint density at radius 1 is 1.25 bits per heavy atom. The summed E-state index contributed by atoms with van der Waals surface area (Å²) in [5.74, 6) is 1.09. The summed E-state index contributed by atoms with van der Waals surface area (Å²) in [5, 5.41) is 4.22. The number of allylic oxidation sites excluding steroid dienone is 4. The zero-order valence-corrected chi connectivity index (χ0v) is 15.9. The minimum Gasteiger partial charge on any atom is -0.473 e. The van der Waals surface area contributed by atoms with Crippen LogP contribution in [0.25, 0.3) is 0 Å². The Morgan fingerprint density at radius 3 is 2.86 bits per heavy atom. The van der Waals surface area contributed by atoms with Gasteiger partial charge in [-0.2, -0.15) is 0 Å². The molecule has 1 unspecified atom stereocenters. The number of oxime groups is 1. The fraction of sp³-hybridized carbons (Fsp3) is 0.227. The van der Waals surface area contributed by atoms with Crippen LogP contribution in [-0.4, -0.2) is 22.3 Å². The summed E-state index contributed by atoms with van der Waals surface area (Å²) in [6, 6.07) is 9.36. The van der Waals surface area contributed by atoms with E-state index >= 15 is 0 Å². The fourth-order valence-corrected chi connectivity index (χ4v) is 2.75. The molecule has 1 aliphatic heterocycles. The average molecular weight is 376 g/mol. The summed E-state index contributed by atoms with van der Waals surface area (Å²) < 4.78 is 5.65. The number of aromatic nitrogens is 2. The average Bonchev–Trinajstić information content (AvgIpc) is 3.19. The van der Waals surface area contributed by atoms with E-state index in [-0.39, 0.29) is 6.10 Å². The first-order valence-electron chi connectivity index (χ1n) is 9.10. The van der Waals surface area contributed by atoms with Crippen molar-refractivity contribution in [3.05, 3.63) is 84.2 Å². The minimum atomic E-state index is -0.182. The second kappa shape index (κ2) is 9.50. The van der Waals surface area contributed by atoms with Gasteiger partial charge in [0.05, 0.1) is 5.71 Å². The molecule has 0 fully saturated rings. The van der Waals surface area contributed by atoms with Gasteiger partial charge in [0.15, 0.2) is 6.10 Å². The Kier molecular flexibility index (Phi) is 6.57. The van der Waals surface area contributed by atoms with Gasteiger partial charge in [0.2, 0.25) is 5.88 Å². The van der Waals surface area contributed by atoms with Crippen LogP contribution in [-0.2, 0) is 4.84 Å². The number of hydrogen-bond acceptors (Lipinski definition) is 6. The van der Waals surface area contributed by atoms with Gasteiger partial charge in [-0.05, 0) is 36.3 Å². The maximum Gasteiger partial charge on any atom is 0.213 e. The smallest absolute Gasteiger partial charge is 0.213 e. The highest BCUT2D eigenvalue weighted by Crippen LogP contribution is 2.31. The number of hydrogen-bond donors (Lipinski definition) is 1. The van der Waals surface area contributed by atoms with Crippen LogP contribution >= 0.6 is 0 Å². The molecule has 0 aliphatic carbocycles. The molecule has 6 heteroatoms. The molecule has 144 valence electrons. The van der Waals surface area contributed by atoms with Gasteiger partial charge < -0.3 is 15.3 Å². The molecule has 0 spiro atoms. The third kappa shape index (κ3) is 5.30. The Labute approximate surface area is 165 Å². The summed E-state index contributed by atoms with van der Waals surface area (Å²) in [6.07, 6.45) is 10.4. The number of ether oxygens (including phenoxy) is 1. The lowest BCUT2D eigenvalue weighted by atomic mass is 10.0. The van der Waals surface area contributed by atoms with Gasteiger partial charge in [-0.3, -0.25) is 0 Å². The molecule has 2 aromatic heterocycles. The Hall–Kier alpha value is -3.41. The van der Waals surface area contributed by atoms with E-state index in [4.69, 9.17) is 15.3 Å². The Balaban J connectivity index is 1.55. The molecule has 3 rings (SSSR count). The van der Waals surface area contributed by atoms with E-state index in [1.807, 2.05) is 55.5 Å². The minimum absolute atomic E-state index is 0.182. The van der Waals surface area contributed by atoms with E-state index in [9.17, 15) is 0 Å². The monoisotopic (exact) mass is 376 g/mol. The predicted octanol–water partition coefficient (Wildman–Crippen LogP) is 4.40. The summed E-state index contributed by atoms with van der Waals surface area (Å²) in [6.45, 7) is 6.39. The summed E-state index contributed by atoms with van der Waals surface area (Å²) in [7, 11) is 0. The highest BCUT2D eigenvalue weighted by Gasteiger charge is 2.24. The van der Waals surface area contributed by atoms with Crippen LogP contribution in [0.4, 0.5) is 5.82 Å². The normalized spacial score (nSPS) is 17.0. The van der Waals surface area contributed by atoms with Crippen LogP contribution in [0.3, 0.4) is 0 Å². The van der Waals surface area contributed by atoms with Crippen molar-refractivity contribution in [3.63, 3.8) is 0 Å². The van der Waals surface area contributed by atoms with E-state index in [1.54, 1.807) is 12.4 Å². The molecule has 0 aromatic carbocycles. The van der Waals surface area contributed by atoms with Crippen LogP contribution < -0.4 is 10.5 Å². The highest BCUT2D eigenvalue weighted by molar-refractivity contribution is 5.88. The third-order valence-electron chi connectivity index (χ3n) is 4.29. The topological polar surface area (TPSA) is 82.6 Å². The van der Waals surface area contributed by atoms with Crippen LogP contribution in [0.2, 0.25) is 0 Å². The van der Waals surface area contributed by atoms with E-state index < -0.39 is 0 Å². The highest BCUT2D eigenvalue weighted by atomic mass is 16.6. The van der Waals surface area contributed by atoms with Gasteiger partial charge >= 0.3 is 0 Å². The van der Waals surface area contributed by atoms with Crippen molar-refractivity contribution < 1.29 is 9.57 Å². The zero-order chi connectivity index (χ0) is 19.8.